The van der Waals surface area contributed by atoms with Crippen LogP contribution in [-0.2, 0) is 33.3 Å². The number of rotatable bonds is 6. The number of esters is 1. The van der Waals surface area contributed by atoms with E-state index in [1.54, 1.807) is 20.3 Å². The molecule has 6 rings (SSSR count). The van der Waals surface area contributed by atoms with Gasteiger partial charge in [-0.2, -0.15) is 0 Å². The number of ether oxygens (including phenoxy) is 5. The van der Waals surface area contributed by atoms with E-state index in [9.17, 15) is 19.8 Å². The van der Waals surface area contributed by atoms with E-state index in [0.717, 1.165) is 31.1 Å². The normalized spacial score (nSPS) is 52.2. The van der Waals surface area contributed by atoms with Gasteiger partial charge >= 0.3 is 5.97 Å². The van der Waals surface area contributed by atoms with Gasteiger partial charge < -0.3 is 38.7 Å². The summed E-state index contributed by atoms with van der Waals surface area (Å²) < 4.78 is 29.0. The Hall–Kier alpha value is -1.36. The van der Waals surface area contributed by atoms with Gasteiger partial charge in [-0.15, -0.1) is 0 Å². The number of aldehydes is 1. The number of methoxy groups -OCH3 is 2. The van der Waals surface area contributed by atoms with Crippen LogP contribution in [0.1, 0.15) is 78.1 Å². The van der Waals surface area contributed by atoms with Gasteiger partial charge in [0.15, 0.2) is 6.29 Å². The molecule has 2 N–H and O–H groups in total. The van der Waals surface area contributed by atoms with Crippen molar-refractivity contribution in [3.63, 3.8) is 0 Å². The first-order chi connectivity index (χ1) is 19.0. The monoisotopic (exact) mass is 562 g/mol. The molecule has 5 fully saturated rings. The Bertz CT molecular complexity index is 1050. The summed E-state index contributed by atoms with van der Waals surface area (Å²) >= 11 is 0. The molecule has 224 valence electrons. The van der Waals surface area contributed by atoms with Crippen LogP contribution in [0.4, 0.5) is 0 Å². The lowest BCUT2D eigenvalue weighted by Gasteiger charge is -2.65. The van der Waals surface area contributed by atoms with Crippen LogP contribution in [0.5, 0.6) is 0 Å². The number of carbonyl (C=O) groups is 2. The van der Waals surface area contributed by atoms with E-state index in [-0.39, 0.29) is 53.6 Å². The SMILES string of the molecule is COC1CC(OC2CCC3(C=O)C4CCC5(C)C(C6=CC(=O)OC6)CCC5(O)C4CCC3(O)C2)OC(C)C1OC. The quantitative estimate of drug-likeness (QED) is 0.286. The average Bonchev–Trinajstić information content (AvgIpc) is 3.47. The Morgan fingerprint density at radius 3 is 2.48 bits per heavy atom. The molecular formula is C31H46O9. The molecule has 6 aliphatic rings. The highest BCUT2D eigenvalue weighted by Gasteiger charge is 2.71. The van der Waals surface area contributed by atoms with E-state index in [1.165, 1.54) is 0 Å². The third-order valence-corrected chi connectivity index (χ3v) is 12.4. The van der Waals surface area contributed by atoms with Crippen molar-refractivity contribution in [3.05, 3.63) is 11.6 Å². The third kappa shape index (κ3) is 4.02. The van der Waals surface area contributed by atoms with Crippen LogP contribution in [0, 0.1) is 28.6 Å². The molecule has 0 radical (unpaired) electrons. The van der Waals surface area contributed by atoms with E-state index in [1.807, 2.05) is 6.92 Å². The highest BCUT2D eigenvalue weighted by molar-refractivity contribution is 5.85. The summed E-state index contributed by atoms with van der Waals surface area (Å²) in [4.78, 5) is 24.9. The molecule has 0 amide bonds. The van der Waals surface area contributed by atoms with Crippen LogP contribution in [-0.4, -0.2) is 85.2 Å². The molecule has 0 aromatic rings. The van der Waals surface area contributed by atoms with Crippen molar-refractivity contribution in [1.82, 2.24) is 0 Å². The molecule has 0 aromatic carbocycles. The van der Waals surface area contributed by atoms with Crippen molar-refractivity contribution in [3.8, 4) is 0 Å². The Morgan fingerprint density at radius 2 is 1.80 bits per heavy atom. The second-order valence-electron chi connectivity index (χ2n) is 13.7. The van der Waals surface area contributed by atoms with Gasteiger partial charge in [0.1, 0.15) is 19.0 Å². The van der Waals surface area contributed by atoms with Crippen molar-refractivity contribution in [2.45, 2.75) is 120 Å². The molecule has 12 atom stereocenters. The Kier molecular flexibility index (Phi) is 7.28. The Labute approximate surface area is 236 Å². The molecule has 40 heavy (non-hydrogen) atoms. The lowest BCUT2D eigenvalue weighted by molar-refractivity contribution is -0.289. The van der Waals surface area contributed by atoms with Gasteiger partial charge in [-0.3, -0.25) is 0 Å². The van der Waals surface area contributed by atoms with Crippen LogP contribution in [0.2, 0.25) is 0 Å². The molecule has 0 spiro atoms. The smallest absolute Gasteiger partial charge is 0.331 e. The fraction of sp³-hybridized carbons (Fsp3) is 0.871. The second-order valence-corrected chi connectivity index (χ2v) is 13.7. The van der Waals surface area contributed by atoms with Crippen molar-refractivity contribution < 1.29 is 43.5 Å². The van der Waals surface area contributed by atoms with Gasteiger partial charge in [-0.25, -0.2) is 4.79 Å². The number of cyclic esters (lactones) is 1. The number of aliphatic hydroxyl groups is 2. The van der Waals surface area contributed by atoms with E-state index in [4.69, 9.17) is 23.7 Å². The van der Waals surface area contributed by atoms with Gasteiger partial charge in [0.25, 0.3) is 0 Å². The predicted molar refractivity (Wildman–Crippen MR) is 143 cm³/mol. The van der Waals surface area contributed by atoms with Gasteiger partial charge in [0.2, 0.25) is 0 Å². The fourth-order valence-corrected chi connectivity index (χ4v) is 10.3. The van der Waals surface area contributed by atoms with Gasteiger partial charge in [-0.1, -0.05) is 6.92 Å². The Balaban J connectivity index is 1.20. The number of hydrogen-bond acceptors (Lipinski definition) is 9. The number of hydrogen-bond donors (Lipinski definition) is 2. The largest absolute Gasteiger partial charge is 0.458 e. The summed E-state index contributed by atoms with van der Waals surface area (Å²) in [5.74, 6) is -0.376. The molecule has 1 saturated heterocycles. The van der Waals surface area contributed by atoms with Crippen LogP contribution in [0.25, 0.3) is 0 Å². The van der Waals surface area contributed by atoms with E-state index >= 15 is 0 Å². The van der Waals surface area contributed by atoms with Gasteiger partial charge in [0.05, 0.1) is 34.9 Å². The molecule has 0 aromatic heterocycles. The third-order valence-electron chi connectivity index (χ3n) is 12.4. The van der Waals surface area contributed by atoms with Crippen molar-refractivity contribution in [2.24, 2.45) is 28.6 Å². The molecule has 12 unspecified atom stereocenters. The summed E-state index contributed by atoms with van der Waals surface area (Å²) in [6, 6.07) is 0. The summed E-state index contributed by atoms with van der Waals surface area (Å²) in [7, 11) is 3.32. The van der Waals surface area contributed by atoms with Gasteiger partial charge in [-0.05, 0) is 81.6 Å². The zero-order valence-electron chi connectivity index (χ0n) is 24.3. The standard InChI is InChI=1S/C31H46O9/c1-18-27(37-4)24(36-3)14-26(39-18)40-20-5-10-29(17-32)22-6-9-28(2)21(19-13-25(33)38-16-19)8-12-31(28,35)23(22)7-11-30(29,34)15-20/h13,17-18,20-24,26-27,34-35H,5-12,14-16H2,1-4H3. The number of fused-ring (bicyclic) bond motifs is 5. The van der Waals surface area contributed by atoms with Gasteiger partial charge in [0, 0.05) is 38.6 Å². The summed E-state index contributed by atoms with van der Waals surface area (Å²) in [6.45, 7) is 4.42. The Morgan fingerprint density at radius 1 is 1.02 bits per heavy atom. The lowest BCUT2D eigenvalue weighted by atomic mass is 9.41. The lowest BCUT2D eigenvalue weighted by Crippen LogP contribution is -2.69. The predicted octanol–water partition coefficient (Wildman–Crippen LogP) is 3.09. The van der Waals surface area contributed by atoms with Crippen LogP contribution >= 0.6 is 0 Å². The van der Waals surface area contributed by atoms with Crippen molar-refractivity contribution >= 4 is 12.3 Å². The fourth-order valence-electron chi connectivity index (χ4n) is 10.3. The summed E-state index contributed by atoms with van der Waals surface area (Å²) in [5.41, 5.74) is -2.44. The molecule has 9 nitrogen and oxygen atoms in total. The first-order valence-electron chi connectivity index (χ1n) is 15.2. The molecular weight excluding hydrogens is 516 g/mol. The zero-order valence-corrected chi connectivity index (χ0v) is 24.3. The molecule has 4 aliphatic carbocycles. The minimum atomic E-state index is -1.19. The first kappa shape index (κ1) is 28.7. The zero-order chi connectivity index (χ0) is 28.5. The molecule has 0 bridgehead atoms. The number of carbonyl (C=O) groups excluding carboxylic acids is 2. The summed E-state index contributed by atoms with van der Waals surface area (Å²) in [6.07, 6.45) is 7.59. The summed E-state index contributed by atoms with van der Waals surface area (Å²) in [5, 5.41) is 24.6. The van der Waals surface area contributed by atoms with Crippen LogP contribution in [0.15, 0.2) is 11.6 Å². The first-order valence-corrected chi connectivity index (χ1v) is 15.2. The maximum atomic E-state index is 13.1. The highest BCUT2D eigenvalue weighted by atomic mass is 16.7. The van der Waals surface area contributed by atoms with E-state index in [0.29, 0.717) is 51.6 Å². The van der Waals surface area contributed by atoms with E-state index < -0.39 is 22.9 Å². The minimum absolute atomic E-state index is 0.0752. The topological polar surface area (TPSA) is 121 Å². The van der Waals surface area contributed by atoms with Crippen LogP contribution < -0.4 is 0 Å². The molecule has 2 aliphatic heterocycles. The average molecular weight is 563 g/mol. The van der Waals surface area contributed by atoms with Crippen molar-refractivity contribution in [1.29, 1.82) is 0 Å². The maximum absolute atomic E-state index is 13.1. The minimum Gasteiger partial charge on any atom is -0.458 e. The highest BCUT2D eigenvalue weighted by Crippen LogP contribution is 2.70. The maximum Gasteiger partial charge on any atom is 0.331 e. The molecule has 4 saturated carbocycles. The second kappa shape index (κ2) is 10.1. The van der Waals surface area contributed by atoms with Crippen molar-refractivity contribution in [2.75, 3.05) is 20.8 Å². The molecule has 2 heterocycles. The molecule has 9 heteroatoms. The van der Waals surface area contributed by atoms with Crippen LogP contribution in [0.3, 0.4) is 0 Å². The van der Waals surface area contributed by atoms with E-state index in [2.05, 4.69) is 6.92 Å².